The molecule has 0 saturated carbocycles. The minimum Gasteiger partial charge on any atom is -0.379 e. The van der Waals surface area contributed by atoms with Crippen molar-refractivity contribution in [1.29, 1.82) is 0 Å². The lowest BCUT2D eigenvalue weighted by molar-refractivity contribution is -0.125. The van der Waals surface area contributed by atoms with E-state index in [2.05, 4.69) is 5.32 Å². The molecule has 0 aromatic rings. The predicted molar refractivity (Wildman–Crippen MR) is 79.1 cm³/mol. The Morgan fingerprint density at radius 2 is 1.33 bits per heavy atom. The van der Waals surface area contributed by atoms with Gasteiger partial charge in [-0.2, -0.15) is 0 Å². The van der Waals surface area contributed by atoms with Gasteiger partial charge in [0.1, 0.15) is 11.6 Å². The maximum absolute atomic E-state index is 11.4. The number of ketones is 2. The molecule has 6 nitrogen and oxygen atoms in total. The van der Waals surface area contributed by atoms with E-state index in [0.717, 1.165) is 0 Å². The Balaban J connectivity index is 3.26. The van der Waals surface area contributed by atoms with Crippen molar-refractivity contribution in [3.8, 4) is 0 Å². The molecule has 0 fully saturated rings. The van der Waals surface area contributed by atoms with E-state index in [-0.39, 0.29) is 23.9 Å². The second-order valence-corrected chi connectivity index (χ2v) is 4.61. The Morgan fingerprint density at radius 1 is 0.762 bits per heavy atom. The molecular formula is C15H27NO5. The number of hydrogen-bond acceptors (Lipinski definition) is 5. The van der Waals surface area contributed by atoms with Gasteiger partial charge >= 0.3 is 0 Å². The molecule has 0 aliphatic heterocycles. The lowest BCUT2D eigenvalue weighted by atomic mass is 10.2. The summed E-state index contributed by atoms with van der Waals surface area (Å²) in [5, 5.41) is 2.69. The van der Waals surface area contributed by atoms with Gasteiger partial charge in [-0.1, -0.05) is 13.8 Å². The van der Waals surface area contributed by atoms with Gasteiger partial charge in [0.15, 0.2) is 0 Å². The summed E-state index contributed by atoms with van der Waals surface area (Å²) in [6.07, 6.45) is 2.00. The van der Waals surface area contributed by atoms with Crippen LogP contribution in [0.15, 0.2) is 0 Å². The van der Waals surface area contributed by atoms with E-state index in [9.17, 15) is 14.4 Å². The molecule has 1 N–H and O–H groups in total. The number of nitrogens with one attached hydrogen (secondary N) is 1. The third kappa shape index (κ3) is 13.5. The van der Waals surface area contributed by atoms with Crippen molar-refractivity contribution in [2.75, 3.05) is 33.0 Å². The summed E-state index contributed by atoms with van der Waals surface area (Å²) < 4.78 is 10.5. The number of carbonyl (C=O) groups excluding carboxylic acids is 3. The molecule has 0 aliphatic rings. The van der Waals surface area contributed by atoms with E-state index in [4.69, 9.17) is 9.47 Å². The number of rotatable bonds is 14. The molecule has 6 heteroatoms. The summed E-state index contributed by atoms with van der Waals surface area (Å²) in [6.45, 7) is 5.75. The first kappa shape index (κ1) is 19.7. The average molecular weight is 301 g/mol. The summed E-state index contributed by atoms with van der Waals surface area (Å²) in [6, 6.07) is 0. The predicted octanol–water partition coefficient (Wildman–Crippen LogP) is 1.26. The molecule has 0 spiro atoms. The quantitative estimate of drug-likeness (QED) is 0.489. The van der Waals surface area contributed by atoms with Crippen LogP contribution in [0.5, 0.6) is 0 Å². The standard InChI is InChI=1S/C15H27NO5/c1-3-13(17)5-6-15(19)16-8-10-21-12-11-20-9-7-14(18)4-2/h3-12H2,1-2H3,(H,16,19). The lowest BCUT2D eigenvalue weighted by Gasteiger charge is -2.07. The van der Waals surface area contributed by atoms with Crippen LogP contribution in [0.2, 0.25) is 0 Å². The fraction of sp³-hybridized carbons (Fsp3) is 0.800. The Hall–Kier alpha value is -1.27. The summed E-state index contributed by atoms with van der Waals surface area (Å²) >= 11 is 0. The van der Waals surface area contributed by atoms with Gasteiger partial charge in [-0.15, -0.1) is 0 Å². The third-order valence-electron chi connectivity index (χ3n) is 2.89. The highest BCUT2D eigenvalue weighted by atomic mass is 16.5. The maximum atomic E-state index is 11.4. The van der Waals surface area contributed by atoms with Gasteiger partial charge in [-0.05, 0) is 0 Å². The van der Waals surface area contributed by atoms with E-state index in [0.29, 0.717) is 58.7 Å². The topological polar surface area (TPSA) is 81.7 Å². The molecule has 0 aliphatic carbocycles. The second-order valence-electron chi connectivity index (χ2n) is 4.61. The van der Waals surface area contributed by atoms with Crippen molar-refractivity contribution in [3.05, 3.63) is 0 Å². The fourth-order valence-corrected chi connectivity index (χ4v) is 1.47. The molecule has 122 valence electrons. The summed E-state index contributed by atoms with van der Waals surface area (Å²) in [5.74, 6) is 0.162. The van der Waals surface area contributed by atoms with Crippen molar-refractivity contribution in [2.24, 2.45) is 0 Å². The van der Waals surface area contributed by atoms with E-state index in [1.807, 2.05) is 6.92 Å². The molecule has 0 bridgehead atoms. The maximum Gasteiger partial charge on any atom is 0.220 e. The van der Waals surface area contributed by atoms with Crippen LogP contribution >= 0.6 is 0 Å². The molecule has 0 radical (unpaired) electrons. The Kier molecular flexibility index (Phi) is 12.9. The van der Waals surface area contributed by atoms with Gasteiger partial charge < -0.3 is 14.8 Å². The van der Waals surface area contributed by atoms with Crippen molar-refractivity contribution in [1.82, 2.24) is 5.32 Å². The monoisotopic (exact) mass is 301 g/mol. The molecule has 0 rings (SSSR count). The molecule has 21 heavy (non-hydrogen) atoms. The van der Waals surface area contributed by atoms with Gasteiger partial charge in [0.05, 0.1) is 26.4 Å². The van der Waals surface area contributed by atoms with Gasteiger partial charge in [-0.3, -0.25) is 14.4 Å². The summed E-state index contributed by atoms with van der Waals surface area (Å²) in [7, 11) is 0. The number of Topliss-reactive ketones (excluding diaryl/α,β-unsaturated/α-hetero) is 2. The van der Waals surface area contributed by atoms with Crippen LogP contribution in [0.25, 0.3) is 0 Å². The Bertz CT molecular complexity index is 317. The fourth-order valence-electron chi connectivity index (χ4n) is 1.47. The molecule has 0 saturated heterocycles. The smallest absolute Gasteiger partial charge is 0.220 e. The highest BCUT2D eigenvalue weighted by Crippen LogP contribution is 1.94. The van der Waals surface area contributed by atoms with Gasteiger partial charge in [-0.25, -0.2) is 0 Å². The largest absolute Gasteiger partial charge is 0.379 e. The van der Waals surface area contributed by atoms with Crippen molar-refractivity contribution in [2.45, 2.75) is 46.0 Å². The molecule has 0 aromatic heterocycles. The first-order chi connectivity index (χ1) is 10.1. The van der Waals surface area contributed by atoms with E-state index < -0.39 is 0 Å². The van der Waals surface area contributed by atoms with Crippen LogP contribution in [-0.4, -0.2) is 50.4 Å². The highest BCUT2D eigenvalue weighted by Gasteiger charge is 2.04. The number of ether oxygens (including phenoxy) is 2. The lowest BCUT2D eigenvalue weighted by Crippen LogP contribution is -2.27. The average Bonchev–Trinajstić information content (AvgIpc) is 2.50. The Labute approximate surface area is 126 Å². The summed E-state index contributed by atoms with van der Waals surface area (Å²) in [5.41, 5.74) is 0. The van der Waals surface area contributed by atoms with Gasteiger partial charge in [0.25, 0.3) is 0 Å². The van der Waals surface area contributed by atoms with E-state index in [1.165, 1.54) is 0 Å². The van der Waals surface area contributed by atoms with E-state index >= 15 is 0 Å². The first-order valence-electron chi connectivity index (χ1n) is 7.55. The molecule has 0 aromatic carbocycles. The molecular weight excluding hydrogens is 274 g/mol. The van der Waals surface area contributed by atoms with Crippen LogP contribution in [0.3, 0.4) is 0 Å². The van der Waals surface area contributed by atoms with Crippen molar-refractivity contribution >= 4 is 17.5 Å². The molecule has 0 heterocycles. The minimum atomic E-state index is -0.130. The zero-order chi connectivity index (χ0) is 15.9. The SMILES string of the molecule is CCC(=O)CCOCCOCCNC(=O)CCC(=O)CC. The van der Waals surface area contributed by atoms with Gasteiger partial charge in [0, 0.05) is 38.6 Å². The number of carbonyl (C=O) groups is 3. The third-order valence-corrected chi connectivity index (χ3v) is 2.89. The normalized spacial score (nSPS) is 10.4. The van der Waals surface area contributed by atoms with E-state index in [1.54, 1.807) is 6.92 Å². The molecule has 0 atom stereocenters. The zero-order valence-corrected chi connectivity index (χ0v) is 13.1. The minimum absolute atomic E-state index is 0.0973. The van der Waals surface area contributed by atoms with Crippen LogP contribution in [0, 0.1) is 0 Å². The van der Waals surface area contributed by atoms with Crippen LogP contribution in [0.4, 0.5) is 0 Å². The van der Waals surface area contributed by atoms with Crippen molar-refractivity contribution < 1.29 is 23.9 Å². The summed E-state index contributed by atoms with van der Waals surface area (Å²) in [4.78, 5) is 33.4. The number of amides is 1. The zero-order valence-electron chi connectivity index (χ0n) is 13.1. The molecule has 0 unspecified atom stereocenters. The van der Waals surface area contributed by atoms with Crippen LogP contribution < -0.4 is 5.32 Å². The molecule has 1 amide bonds. The first-order valence-corrected chi connectivity index (χ1v) is 7.55. The Morgan fingerprint density at radius 3 is 1.95 bits per heavy atom. The van der Waals surface area contributed by atoms with Crippen molar-refractivity contribution in [3.63, 3.8) is 0 Å². The van der Waals surface area contributed by atoms with Gasteiger partial charge in [0.2, 0.25) is 5.91 Å². The highest BCUT2D eigenvalue weighted by molar-refractivity contribution is 5.84. The van der Waals surface area contributed by atoms with Crippen LogP contribution in [-0.2, 0) is 23.9 Å². The number of hydrogen-bond donors (Lipinski definition) is 1. The van der Waals surface area contributed by atoms with Crippen LogP contribution in [0.1, 0.15) is 46.0 Å². The second kappa shape index (κ2) is 13.7.